The van der Waals surface area contributed by atoms with Crippen LogP contribution in [-0.2, 0) is 0 Å². The molecule has 0 aliphatic rings. The van der Waals surface area contributed by atoms with Crippen LogP contribution in [0.1, 0.15) is 13.8 Å². The summed E-state index contributed by atoms with van der Waals surface area (Å²) in [6.07, 6.45) is 5.58. The van der Waals surface area contributed by atoms with Crippen molar-refractivity contribution >= 4 is 71.0 Å². The van der Waals surface area contributed by atoms with Gasteiger partial charge in [0.2, 0.25) is 0 Å². The second-order valence-corrected chi connectivity index (χ2v) is 7.61. The zero-order valence-corrected chi connectivity index (χ0v) is 14.5. The predicted molar refractivity (Wildman–Crippen MR) is 81.7 cm³/mol. The van der Waals surface area contributed by atoms with Crippen LogP contribution in [0.15, 0.2) is 32.2 Å². The third-order valence-corrected chi connectivity index (χ3v) is 4.33. The van der Waals surface area contributed by atoms with Crippen molar-refractivity contribution in [2.45, 2.75) is 24.1 Å². The molecule has 0 aromatic heterocycles. The van der Waals surface area contributed by atoms with Gasteiger partial charge in [0.15, 0.2) is 0 Å². The van der Waals surface area contributed by atoms with Crippen LogP contribution in [0.2, 0.25) is 0 Å². The lowest BCUT2D eigenvalue weighted by Gasteiger charge is -2.20. The van der Waals surface area contributed by atoms with E-state index in [4.69, 9.17) is 23.2 Å². The summed E-state index contributed by atoms with van der Waals surface area (Å²) in [5.41, 5.74) is 1.05. The van der Waals surface area contributed by atoms with Gasteiger partial charge in [0.25, 0.3) is 0 Å². The normalized spacial score (nSPS) is 18.1. The quantitative estimate of drug-likeness (QED) is 0.366. The zero-order chi connectivity index (χ0) is 12.1. The van der Waals surface area contributed by atoms with E-state index in [2.05, 4.69) is 47.8 Å². The fourth-order valence-corrected chi connectivity index (χ4v) is 1.94. The highest BCUT2D eigenvalue weighted by Crippen LogP contribution is 2.28. The van der Waals surface area contributed by atoms with E-state index in [-0.39, 0.29) is 5.38 Å². The van der Waals surface area contributed by atoms with Crippen LogP contribution in [0.25, 0.3) is 0 Å². The summed E-state index contributed by atoms with van der Waals surface area (Å²) in [5.74, 6) is 0. The molecule has 0 nitrogen and oxygen atoms in total. The van der Waals surface area contributed by atoms with Crippen molar-refractivity contribution in [1.82, 2.24) is 0 Å². The summed E-state index contributed by atoms with van der Waals surface area (Å²) in [7, 11) is 0. The highest BCUT2D eigenvalue weighted by Gasteiger charge is 2.25. The summed E-state index contributed by atoms with van der Waals surface area (Å²) >= 11 is 22.2. The fraction of sp³-hybridized carbons (Fsp3) is 0.400. The Labute approximate surface area is 126 Å². The van der Waals surface area contributed by atoms with E-state index in [9.17, 15) is 0 Å². The van der Waals surface area contributed by atoms with Gasteiger partial charge in [-0.05, 0) is 56.3 Å². The molecule has 0 saturated heterocycles. The molecule has 0 aromatic carbocycles. The minimum atomic E-state index is -0.597. The average molecular weight is 442 g/mol. The maximum atomic E-state index is 6.21. The SMILES string of the molecule is CC(C=CC(Cl)C(C)(Cl)C=CBr)=C(Br)Br. The van der Waals surface area contributed by atoms with E-state index in [1.165, 1.54) is 0 Å². The number of alkyl halides is 2. The van der Waals surface area contributed by atoms with E-state index in [1.807, 2.05) is 26.0 Å². The Morgan fingerprint density at radius 2 is 1.93 bits per heavy atom. The maximum Gasteiger partial charge on any atom is 0.0804 e. The Bertz CT molecular complexity index is 289. The molecule has 0 N–H and O–H groups in total. The van der Waals surface area contributed by atoms with E-state index >= 15 is 0 Å². The van der Waals surface area contributed by atoms with Gasteiger partial charge in [-0.3, -0.25) is 0 Å². The smallest absolute Gasteiger partial charge is 0.0804 e. The minimum absolute atomic E-state index is 0.276. The maximum absolute atomic E-state index is 6.21. The molecule has 0 aliphatic heterocycles. The van der Waals surface area contributed by atoms with E-state index in [0.717, 1.165) is 8.96 Å². The molecule has 2 atom stereocenters. The van der Waals surface area contributed by atoms with Crippen LogP contribution in [0.4, 0.5) is 0 Å². The van der Waals surface area contributed by atoms with Gasteiger partial charge in [-0.15, -0.1) is 23.2 Å². The zero-order valence-electron chi connectivity index (χ0n) is 8.28. The number of hydrogen-bond acceptors (Lipinski definition) is 0. The first-order valence-electron chi connectivity index (χ1n) is 4.12. The Kier molecular flexibility index (Phi) is 8.17. The second-order valence-electron chi connectivity index (χ2n) is 3.15. The van der Waals surface area contributed by atoms with Gasteiger partial charge in [-0.25, -0.2) is 0 Å². The summed E-state index contributed by atoms with van der Waals surface area (Å²) in [4.78, 5) is 1.12. The minimum Gasteiger partial charge on any atom is -0.116 e. The van der Waals surface area contributed by atoms with Crippen molar-refractivity contribution in [3.05, 3.63) is 32.2 Å². The first-order valence-corrected chi connectivity index (χ1v) is 7.44. The number of hydrogen-bond donors (Lipinski definition) is 0. The topological polar surface area (TPSA) is 0 Å². The van der Waals surface area contributed by atoms with E-state index in [1.54, 1.807) is 11.1 Å². The van der Waals surface area contributed by atoms with Crippen LogP contribution in [0.3, 0.4) is 0 Å². The molecular weight excluding hydrogens is 431 g/mol. The number of halogens is 5. The number of allylic oxidation sites excluding steroid dienone is 4. The lowest BCUT2D eigenvalue weighted by molar-refractivity contribution is 0.800. The summed E-state index contributed by atoms with van der Waals surface area (Å²) < 4.78 is 0.905. The molecule has 15 heavy (non-hydrogen) atoms. The molecule has 0 bridgehead atoms. The predicted octanol–water partition coefficient (Wildman–Crippen LogP) is 6.08. The lowest BCUT2D eigenvalue weighted by atomic mass is 10.1. The number of rotatable bonds is 4. The highest BCUT2D eigenvalue weighted by atomic mass is 79.9. The van der Waals surface area contributed by atoms with Gasteiger partial charge in [-0.2, -0.15) is 0 Å². The Morgan fingerprint density at radius 3 is 2.33 bits per heavy atom. The van der Waals surface area contributed by atoms with Crippen molar-refractivity contribution in [1.29, 1.82) is 0 Å². The van der Waals surface area contributed by atoms with Crippen LogP contribution in [-0.4, -0.2) is 10.3 Å². The van der Waals surface area contributed by atoms with Gasteiger partial charge in [0.1, 0.15) is 0 Å². The standard InChI is InChI=1S/C10H11Br3Cl2/c1-7(9(12)13)3-4-8(14)10(2,15)5-6-11/h3-6,8H,1-2H3. The van der Waals surface area contributed by atoms with Gasteiger partial charge in [0.05, 0.1) is 13.6 Å². The molecule has 0 amide bonds. The molecule has 0 saturated carbocycles. The third-order valence-electron chi connectivity index (χ3n) is 1.74. The summed E-state index contributed by atoms with van der Waals surface area (Å²) in [5, 5.41) is -0.276. The monoisotopic (exact) mass is 438 g/mol. The average Bonchev–Trinajstić information content (AvgIpc) is 2.13. The van der Waals surface area contributed by atoms with E-state index in [0.29, 0.717) is 0 Å². The molecule has 0 heterocycles. The van der Waals surface area contributed by atoms with Crippen LogP contribution < -0.4 is 0 Å². The van der Waals surface area contributed by atoms with Crippen LogP contribution in [0, 0.1) is 0 Å². The van der Waals surface area contributed by atoms with Crippen LogP contribution in [0.5, 0.6) is 0 Å². The molecule has 0 rings (SSSR count). The molecule has 0 fully saturated rings. The molecule has 2 unspecified atom stereocenters. The first kappa shape index (κ1) is 16.2. The van der Waals surface area contributed by atoms with Gasteiger partial charge in [-0.1, -0.05) is 34.2 Å². The molecule has 0 radical (unpaired) electrons. The van der Waals surface area contributed by atoms with Gasteiger partial charge >= 0.3 is 0 Å². The third kappa shape index (κ3) is 6.52. The second kappa shape index (κ2) is 7.54. The molecule has 0 aliphatic carbocycles. The summed E-state index contributed by atoms with van der Waals surface area (Å²) in [6.45, 7) is 3.82. The Balaban J connectivity index is 4.63. The fourth-order valence-electron chi connectivity index (χ4n) is 0.695. The largest absolute Gasteiger partial charge is 0.116 e. The van der Waals surface area contributed by atoms with Crippen molar-refractivity contribution in [3.8, 4) is 0 Å². The van der Waals surface area contributed by atoms with Crippen molar-refractivity contribution in [3.63, 3.8) is 0 Å². The van der Waals surface area contributed by atoms with E-state index < -0.39 is 4.87 Å². The Hall–Kier alpha value is 1.24. The Morgan fingerprint density at radius 1 is 1.40 bits per heavy atom. The first-order chi connectivity index (χ1) is 6.81. The summed E-state index contributed by atoms with van der Waals surface area (Å²) in [6, 6.07) is 0. The molecule has 86 valence electrons. The molecule has 0 spiro atoms. The van der Waals surface area contributed by atoms with Crippen molar-refractivity contribution < 1.29 is 0 Å². The van der Waals surface area contributed by atoms with Crippen molar-refractivity contribution in [2.24, 2.45) is 0 Å². The van der Waals surface area contributed by atoms with Crippen LogP contribution >= 0.6 is 71.0 Å². The molecular formula is C10H11Br3Cl2. The van der Waals surface area contributed by atoms with Crippen molar-refractivity contribution in [2.75, 3.05) is 0 Å². The van der Waals surface area contributed by atoms with Gasteiger partial charge < -0.3 is 0 Å². The lowest BCUT2D eigenvalue weighted by Crippen LogP contribution is -2.24. The van der Waals surface area contributed by atoms with Gasteiger partial charge in [0, 0.05) is 0 Å². The molecule has 0 aromatic rings. The highest BCUT2D eigenvalue weighted by molar-refractivity contribution is 9.28. The molecule has 5 heteroatoms.